The molecule has 0 radical (unpaired) electrons. The summed E-state index contributed by atoms with van der Waals surface area (Å²) in [7, 11) is 0. The quantitative estimate of drug-likeness (QED) is 0.165. The van der Waals surface area contributed by atoms with Crippen molar-refractivity contribution < 1.29 is 4.42 Å². The molecule has 1 spiro atoms. The van der Waals surface area contributed by atoms with Gasteiger partial charge in [0, 0.05) is 27.7 Å². The molecule has 292 valence electrons. The molecule has 63 heavy (non-hydrogen) atoms. The molecule has 0 N–H and O–H groups in total. The van der Waals surface area contributed by atoms with Gasteiger partial charge in [-0.05, 0) is 125 Å². The molecular weight excluding hydrogens is 763 g/mol. The molecule has 1 heterocycles. The van der Waals surface area contributed by atoms with Crippen LogP contribution in [0.5, 0.6) is 0 Å². The molecule has 14 rings (SSSR count). The minimum atomic E-state index is -0.478. The number of anilines is 3. The minimum absolute atomic E-state index is 0.478. The minimum Gasteiger partial charge on any atom is -0.456 e. The summed E-state index contributed by atoms with van der Waals surface area (Å²) in [6.07, 6.45) is 0. The Hall–Kier alpha value is -8.20. The summed E-state index contributed by atoms with van der Waals surface area (Å²) in [6, 6.07) is 83.0. The summed E-state index contributed by atoms with van der Waals surface area (Å²) in [5, 5.41) is 9.52. The van der Waals surface area contributed by atoms with Crippen LogP contribution in [0.1, 0.15) is 22.3 Å². The van der Waals surface area contributed by atoms with Crippen LogP contribution in [0.3, 0.4) is 0 Å². The van der Waals surface area contributed by atoms with Crippen molar-refractivity contribution in [2.45, 2.75) is 5.41 Å². The Kier molecular flexibility index (Phi) is 7.07. The second-order valence-electron chi connectivity index (χ2n) is 17.1. The number of hydrogen-bond donors (Lipinski definition) is 0. The first-order valence-electron chi connectivity index (χ1n) is 21.8. The van der Waals surface area contributed by atoms with Gasteiger partial charge in [-0.25, -0.2) is 0 Å². The highest BCUT2D eigenvalue weighted by atomic mass is 16.3. The van der Waals surface area contributed by atoms with Gasteiger partial charge >= 0.3 is 0 Å². The highest BCUT2D eigenvalue weighted by Gasteiger charge is 2.51. The van der Waals surface area contributed by atoms with E-state index in [-0.39, 0.29) is 0 Å². The first-order chi connectivity index (χ1) is 31.3. The van der Waals surface area contributed by atoms with E-state index in [1.54, 1.807) is 0 Å². The molecule has 0 atom stereocenters. The van der Waals surface area contributed by atoms with Gasteiger partial charge in [0.15, 0.2) is 0 Å². The SMILES string of the molecule is c1ccc2c(c1)-c1ccccc1C21c2ccccc2-c2ccc(N(c3ccc4ccccc4c3)c3ccc4oc5ccccc5c4c3-c3cccc4c3ccc3ccccc34)cc21. The molecule has 0 saturated heterocycles. The number of furan rings is 1. The standard InChI is InChI=1S/C61H37NO/c1-2-16-40-36-41(30-28-38(40)14-1)62(42-31-33-49-48-20-7-11-26-54(48)61(55(49)37-42)52-24-9-5-18-46(52)47-19-6-10-25-53(47)61)56-34-35-58-60(51-21-8-12-27-57(51)63-58)59(56)50-23-13-22-44-43-17-4-3-15-39(43)29-32-45(44)50/h1-37H. The lowest BCUT2D eigenvalue weighted by Gasteiger charge is -2.33. The fourth-order valence-electron chi connectivity index (χ4n) is 11.5. The second-order valence-corrected chi connectivity index (χ2v) is 17.1. The molecule has 0 bridgehead atoms. The van der Waals surface area contributed by atoms with E-state index in [1.165, 1.54) is 82.4 Å². The lowest BCUT2D eigenvalue weighted by molar-refractivity contribution is 0.669. The second kappa shape index (κ2) is 12.9. The summed E-state index contributed by atoms with van der Waals surface area (Å²) in [4.78, 5) is 2.51. The van der Waals surface area contributed by atoms with Crippen LogP contribution >= 0.6 is 0 Å². The molecule has 12 aromatic rings. The van der Waals surface area contributed by atoms with E-state index in [0.717, 1.165) is 44.6 Å². The zero-order valence-electron chi connectivity index (χ0n) is 34.2. The Morgan fingerprint density at radius 2 is 0.873 bits per heavy atom. The van der Waals surface area contributed by atoms with E-state index in [2.05, 4.69) is 229 Å². The van der Waals surface area contributed by atoms with Gasteiger partial charge in [-0.15, -0.1) is 0 Å². The number of fused-ring (bicyclic) bond motifs is 17. The molecule has 0 amide bonds. The van der Waals surface area contributed by atoms with Gasteiger partial charge in [-0.2, -0.15) is 0 Å². The number of rotatable bonds is 4. The van der Waals surface area contributed by atoms with E-state index in [0.29, 0.717) is 0 Å². The zero-order chi connectivity index (χ0) is 41.2. The van der Waals surface area contributed by atoms with Gasteiger partial charge in [0.25, 0.3) is 0 Å². The van der Waals surface area contributed by atoms with Crippen molar-refractivity contribution in [2.24, 2.45) is 0 Å². The van der Waals surface area contributed by atoms with E-state index >= 15 is 0 Å². The van der Waals surface area contributed by atoms with Crippen LogP contribution in [0.15, 0.2) is 229 Å². The predicted molar refractivity (Wildman–Crippen MR) is 263 cm³/mol. The van der Waals surface area contributed by atoms with E-state index in [1.807, 2.05) is 0 Å². The summed E-state index contributed by atoms with van der Waals surface area (Å²) in [6.45, 7) is 0. The average molecular weight is 800 g/mol. The van der Waals surface area contributed by atoms with Crippen molar-refractivity contribution in [3.05, 3.63) is 247 Å². The topological polar surface area (TPSA) is 16.4 Å². The van der Waals surface area contributed by atoms with Gasteiger partial charge in [-0.3, -0.25) is 0 Å². The molecule has 2 aliphatic rings. The Bertz CT molecular complexity index is 3830. The van der Waals surface area contributed by atoms with E-state index in [9.17, 15) is 0 Å². The molecular formula is C61H37NO. The first kappa shape index (κ1) is 34.5. The molecule has 0 aliphatic heterocycles. The maximum Gasteiger partial charge on any atom is 0.136 e. The van der Waals surface area contributed by atoms with Crippen LogP contribution in [0.25, 0.3) is 87.6 Å². The monoisotopic (exact) mass is 799 g/mol. The number of para-hydroxylation sites is 1. The van der Waals surface area contributed by atoms with Crippen LogP contribution < -0.4 is 4.90 Å². The molecule has 0 saturated carbocycles. The third-order valence-electron chi connectivity index (χ3n) is 14.0. The fraction of sp³-hybridized carbons (Fsp3) is 0.0164. The van der Waals surface area contributed by atoms with Crippen molar-refractivity contribution >= 4 is 71.3 Å². The van der Waals surface area contributed by atoms with E-state index in [4.69, 9.17) is 4.42 Å². The van der Waals surface area contributed by atoms with Crippen molar-refractivity contribution in [1.82, 2.24) is 0 Å². The summed E-state index contributed by atoms with van der Waals surface area (Å²) >= 11 is 0. The Morgan fingerprint density at radius 1 is 0.317 bits per heavy atom. The van der Waals surface area contributed by atoms with Crippen LogP contribution in [-0.4, -0.2) is 0 Å². The summed E-state index contributed by atoms with van der Waals surface area (Å²) < 4.78 is 6.71. The highest BCUT2D eigenvalue weighted by molar-refractivity contribution is 6.21. The molecule has 11 aromatic carbocycles. The molecule has 2 heteroatoms. The third kappa shape index (κ3) is 4.67. The van der Waals surface area contributed by atoms with Gasteiger partial charge in [0.2, 0.25) is 0 Å². The largest absolute Gasteiger partial charge is 0.456 e. The van der Waals surface area contributed by atoms with Crippen molar-refractivity contribution in [3.63, 3.8) is 0 Å². The molecule has 1 aromatic heterocycles. The predicted octanol–water partition coefficient (Wildman–Crippen LogP) is 16.5. The van der Waals surface area contributed by atoms with Gasteiger partial charge in [0.05, 0.1) is 11.1 Å². The summed E-state index contributed by atoms with van der Waals surface area (Å²) in [5.41, 5.74) is 17.3. The Morgan fingerprint density at radius 3 is 1.63 bits per heavy atom. The number of benzene rings is 11. The van der Waals surface area contributed by atoms with E-state index < -0.39 is 5.41 Å². The maximum atomic E-state index is 6.71. The lowest BCUT2D eigenvalue weighted by atomic mass is 9.70. The third-order valence-corrected chi connectivity index (χ3v) is 14.0. The average Bonchev–Trinajstić information content (AvgIpc) is 3.98. The van der Waals surface area contributed by atoms with Crippen LogP contribution in [0.2, 0.25) is 0 Å². The van der Waals surface area contributed by atoms with Crippen LogP contribution in [0.4, 0.5) is 17.1 Å². The Labute approximate surface area is 364 Å². The number of nitrogens with zero attached hydrogens (tertiary/aromatic N) is 1. The fourth-order valence-corrected chi connectivity index (χ4v) is 11.5. The maximum absolute atomic E-state index is 6.71. The van der Waals surface area contributed by atoms with Gasteiger partial charge in [0.1, 0.15) is 11.2 Å². The van der Waals surface area contributed by atoms with Crippen molar-refractivity contribution in [1.29, 1.82) is 0 Å². The first-order valence-corrected chi connectivity index (χ1v) is 21.8. The molecule has 0 unspecified atom stereocenters. The molecule has 0 fully saturated rings. The zero-order valence-corrected chi connectivity index (χ0v) is 34.2. The summed E-state index contributed by atoms with van der Waals surface area (Å²) in [5.74, 6) is 0. The normalized spacial score (nSPS) is 13.2. The van der Waals surface area contributed by atoms with Gasteiger partial charge in [-0.1, -0.05) is 182 Å². The molecule has 2 aliphatic carbocycles. The van der Waals surface area contributed by atoms with Crippen LogP contribution in [0, 0.1) is 0 Å². The van der Waals surface area contributed by atoms with Crippen LogP contribution in [-0.2, 0) is 5.41 Å². The van der Waals surface area contributed by atoms with Crippen molar-refractivity contribution in [3.8, 4) is 33.4 Å². The number of hydrogen-bond acceptors (Lipinski definition) is 2. The smallest absolute Gasteiger partial charge is 0.136 e. The highest BCUT2D eigenvalue weighted by Crippen LogP contribution is 2.63. The van der Waals surface area contributed by atoms with Gasteiger partial charge < -0.3 is 9.32 Å². The molecule has 2 nitrogen and oxygen atoms in total. The lowest BCUT2D eigenvalue weighted by Crippen LogP contribution is -2.26. The van der Waals surface area contributed by atoms with Crippen molar-refractivity contribution in [2.75, 3.05) is 4.90 Å². The Balaban J connectivity index is 1.11.